The zero-order chi connectivity index (χ0) is 11.4. The maximum atomic E-state index is 5.66. The molecule has 0 unspecified atom stereocenters. The van der Waals surface area contributed by atoms with Crippen LogP contribution in [0.25, 0.3) is 0 Å². The lowest BCUT2D eigenvalue weighted by Crippen LogP contribution is -1.86. The molecule has 0 fully saturated rings. The molecule has 4 heteroatoms. The van der Waals surface area contributed by atoms with Gasteiger partial charge in [-0.1, -0.05) is 53.2 Å². The van der Waals surface area contributed by atoms with Crippen LogP contribution in [-0.4, -0.2) is 10.2 Å². The molecule has 0 saturated heterocycles. The highest BCUT2D eigenvalue weighted by Gasteiger charge is 1.98. The minimum absolute atomic E-state index is 0.430. The summed E-state index contributed by atoms with van der Waals surface area (Å²) in [6.45, 7) is 2.08. The first-order valence-corrected chi connectivity index (χ1v) is 6.28. The molecule has 0 amide bonds. The van der Waals surface area contributed by atoms with E-state index in [4.69, 9.17) is 11.6 Å². The number of aryl methyl sites for hydroxylation is 1. The summed E-state index contributed by atoms with van der Waals surface area (Å²) in [5.41, 5.74) is 2.56. The lowest BCUT2D eigenvalue weighted by atomic mass is 10.2. The standard InChI is InChI=1S/C12H11ClN2S/c1-9-2-4-10(5-3-9)8-16-12-7-6-11(13)14-15-12/h2-7H,8H2,1H3. The van der Waals surface area contributed by atoms with Gasteiger partial charge in [-0.25, -0.2) is 0 Å². The smallest absolute Gasteiger partial charge is 0.143 e. The van der Waals surface area contributed by atoms with Gasteiger partial charge in [0, 0.05) is 5.75 Å². The van der Waals surface area contributed by atoms with Crippen LogP contribution in [0.1, 0.15) is 11.1 Å². The van der Waals surface area contributed by atoms with E-state index in [9.17, 15) is 0 Å². The summed E-state index contributed by atoms with van der Waals surface area (Å²) in [6, 6.07) is 12.1. The van der Waals surface area contributed by atoms with Crippen LogP contribution in [0.3, 0.4) is 0 Å². The van der Waals surface area contributed by atoms with Crippen LogP contribution in [0.2, 0.25) is 5.15 Å². The molecule has 0 bridgehead atoms. The van der Waals surface area contributed by atoms with Crippen LogP contribution in [0.5, 0.6) is 0 Å². The van der Waals surface area contributed by atoms with Gasteiger partial charge in [-0.2, -0.15) is 0 Å². The molecule has 2 aromatic rings. The van der Waals surface area contributed by atoms with E-state index in [-0.39, 0.29) is 0 Å². The van der Waals surface area contributed by atoms with E-state index in [1.807, 2.05) is 6.07 Å². The Morgan fingerprint density at radius 2 is 1.81 bits per heavy atom. The summed E-state index contributed by atoms with van der Waals surface area (Å²) in [5, 5.41) is 9.12. The van der Waals surface area contributed by atoms with Gasteiger partial charge < -0.3 is 0 Å². The third-order valence-corrected chi connectivity index (χ3v) is 3.31. The fourth-order valence-electron chi connectivity index (χ4n) is 1.22. The Labute approximate surface area is 104 Å². The maximum absolute atomic E-state index is 5.66. The molecule has 16 heavy (non-hydrogen) atoms. The third kappa shape index (κ3) is 3.22. The zero-order valence-corrected chi connectivity index (χ0v) is 10.4. The highest BCUT2D eigenvalue weighted by atomic mass is 35.5. The van der Waals surface area contributed by atoms with E-state index in [0.717, 1.165) is 10.8 Å². The monoisotopic (exact) mass is 250 g/mol. The predicted molar refractivity (Wildman–Crippen MR) is 67.8 cm³/mol. The molecule has 0 aliphatic rings. The molecule has 0 aliphatic carbocycles. The second-order valence-electron chi connectivity index (χ2n) is 3.47. The number of rotatable bonds is 3. The summed E-state index contributed by atoms with van der Waals surface area (Å²) in [6.07, 6.45) is 0. The Balaban J connectivity index is 1.97. The molecular weight excluding hydrogens is 240 g/mol. The van der Waals surface area contributed by atoms with E-state index in [0.29, 0.717) is 5.15 Å². The lowest BCUT2D eigenvalue weighted by molar-refractivity contribution is 0.929. The number of aromatic nitrogens is 2. The number of benzene rings is 1. The number of thioether (sulfide) groups is 1. The minimum Gasteiger partial charge on any atom is -0.143 e. The topological polar surface area (TPSA) is 25.8 Å². The number of nitrogens with zero attached hydrogens (tertiary/aromatic N) is 2. The van der Waals surface area contributed by atoms with Crippen molar-refractivity contribution in [2.45, 2.75) is 17.7 Å². The Kier molecular flexibility index (Phi) is 3.80. The van der Waals surface area contributed by atoms with Crippen molar-refractivity contribution < 1.29 is 0 Å². The second-order valence-corrected chi connectivity index (χ2v) is 4.85. The van der Waals surface area contributed by atoms with Gasteiger partial charge in [0.25, 0.3) is 0 Å². The summed E-state index contributed by atoms with van der Waals surface area (Å²) in [7, 11) is 0. The predicted octanol–water partition coefficient (Wildman–Crippen LogP) is 3.73. The van der Waals surface area contributed by atoms with Gasteiger partial charge in [-0.15, -0.1) is 10.2 Å². The first-order chi connectivity index (χ1) is 7.74. The van der Waals surface area contributed by atoms with Gasteiger partial charge in [0.15, 0.2) is 5.15 Å². The Bertz CT molecular complexity index is 408. The Morgan fingerprint density at radius 1 is 1.06 bits per heavy atom. The number of hydrogen-bond donors (Lipinski definition) is 0. The van der Waals surface area contributed by atoms with Gasteiger partial charge >= 0.3 is 0 Å². The molecule has 0 radical (unpaired) electrons. The molecule has 0 spiro atoms. The maximum Gasteiger partial charge on any atom is 0.151 e. The van der Waals surface area contributed by atoms with E-state index in [1.165, 1.54) is 11.1 Å². The van der Waals surface area contributed by atoms with Crippen molar-refractivity contribution in [3.8, 4) is 0 Å². The first kappa shape index (κ1) is 11.4. The van der Waals surface area contributed by atoms with E-state index in [1.54, 1.807) is 17.8 Å². The molecule has 1 aromatic heterocycles. The van der Waals surface area contributed by atoms with Crippen molar-refractivity contribution in [3.63, 3.8) is 0 Å². The molecule has 0 aliphatic heterocycles. The molecule has 1 heterocycles. The largest absolute Gasteiger partial charge is 0.151 e. The van der Waals surface area contributed by atoms with Gasteiger partial charge in [-0.05, 0) is 24.6 Å². The fraction of sp³-hybridized carbons (Fsp3) is 0.167. The quantitative estimate of drug-likeness (QED) is 0.777. The van der Waals surface area contributed by atoms with Gasteiger partial charge in [0.2, 0.25) is 0 Å². The second kappa shape index (κ2) is 5.32. The molecule has 82 valence electrons. The van der Waals surface area contributed by atoms with Crippen molar-refractivity contribution in [2.75, 3.05) is 0 Å². The zero-order valence-electron chi connectivity index (χ0n) is 8.85. The summed E-state index contributed by atoms with van der Waals surface area (Å²) in [4.78, 5) is 0. The lowest BCUT2D eigenvalue weighted by Gasteiger charge is -2.01. The number of halogens is 1. The van der Waals surface area contributed by atoms with Gasteiger partial charge in [0.1, 0.15) is 5.03 Å². The van der Waals surface area contributed by atoms with Crippen LogP contribution in [0.4, 0.5) is 0 Å². The van der Waals surface area contributed by atoms with Crippen molar-refractivity contribution in [1.29, 1.82) is 0 Å². The van der Waals surface area contributed by atoms with E-state index >= 15 is 0 Å². The average Bonchev–Trinajstić information content (AvgIpc) is 2.30. The molecule has 2 nitrogen and oxygen atoms in total. The molecule has 0 saturated carbocycles. The highest BCUT2D eigenvalue weighted by Crippen LogP contribution is 2.20. The SMILES string of the molecule is Cc1ccc(CSc2ccc(Cl)nn2)cc1. The summed E-state index contributed by atoms with van der Waals surface area (Å²) >= 11 is 7.32. The van der Waals surface area contributed by atoms with Crippen LogP contribution in [0.15, 0.2) is 41.4 Å². The Hall–Kier alpha value is -1.06. The highest BCUT2D eigenvalue weighted by molar-refractivity contribution is 7.98. The van der Waals surface area contributed by atoms with Crippen molar-refractivity contribution in [3.05, 3.63) is 52.7 Å². The molecular formula is C12H11ClN2S. The summed E-state index contributed by atoms with van der Waals surface area (Å²) in [5.74, 6) is 0.899. The third-order valence-electron chi connectivity index (χ3n) is 2.11. The van der Waals surface area contributed by atoms with Gasteiger partial charge in [-0.3, -0.25) is 0 Å². The molecule has 1 aromatic carbocycles. The molecule has 0 atom stereocenters. The Morgan fingerprint density at radius 3 is 2.44 bits per heavy atom. The minimum atomic E-state index is 0.430. The van der Waals surface area contributed by atoms with E-state index in [2.05, 4.69) is 41.4 Å². The summed E-state index contributed by atoms with van der Waals surface area (Å²) < 4.78 is 0. The van der Waals surface area contributed by atoms with Crippen LogP contribution in [-0.2, 0) is 5.75 Å². The van der Waals surface area contributed by atoms with Crippen molar-refractivity contribution in [2.24, 2.45) is 0 Å². The van der Waals surface area contributed by atoms with Crippen molar-refractivity contribution in [1.82, 2.24) is 10.2 Å². The van der Waals surface area contributed by atoms with Gasteiger partial charge in [0.05, 0.1) is 0 Å². The fourth-order valence-corrected chi connectivity index (χ4v) is 2.09. The molecule has 2 rings (SSSR count). The molecule has 0 N–H and O–H groups in total. The van der Waals surface area contributed by atoms with Crippen LogP contribution < -0.4 is 0 Å². The van der Waals surface area contributed by atoms with Crippen LogP contribution in [0, 0.1) is 6.92 Å². The normalized spacial score (nSPS) is 10.4. The average molecular weight is 251 g/mol. The first-order valence-electron chi connectivity index (χ1n) is 4.91. The number of hydrogen-bond acceptors (Lipinski definition) is 3. The van der Waals surface area contributed by atoms with Crippen molar-refractivity contribution >= 4 is 23.4 Å². The van der Waals surface area contributed by atoms with Crippen LogP contribution >= 0.6 is 23.4 Å². The van der Waals surface area contributed by atoms with E-state index < -0.39 is 0 Å².